The van der Waals surface area contributed by atoms with Gasteiger partial charge in [-0.3, -0.25) is 4.79 Å². The van der Waals surface area contributed by atoms with E-state index in [-0.39, 0.29) is 5.55 Å². The average Bonchev–Trinajstić information content (AvgIpc) is 3.30. The number of amides is 1. The molecule has 0 bridgehead atoms. The third-order valence-corrected chi connectivity index (χ3v) is 5.19. The molecule has 0 unspecified atom stereocenters. The van der Waals surface area contributed by atoms with Crippen molar-refractivity contribution in [3.63, 3.8) is 0 Å². The number of carbonyl (C=O) groups excluding carboxylic acids is 1. The predicted octanol–water partition coefficient (Wildman–Crippen LogP) is 4.24. The lowest BCUT2D eigenvalue weighted by atomic mass is 10.1. The molecule has 0 fully saturated rings. The van der Waals surface area contributed by atoms with Crippen LogP contribution in [0.15, 0.2) is 82.3 Å². The number of H-pyrrole nitrogens is 1. The first kappa shape index (κ1) is 20.3. The van der Waals surface area contributed by atoms with Gasteiger partial charge in [-0.15, -0.1) is 5.10 Å². The summed E-state index contributed by atoms with van der Waals surface area (Å²) in [4.78, 5) is 20.6. The Morgan fingerprint density at radius 3 is 2.61 bits per heavy atom. The highest BCUT2D eigenvalue weighted by Gasteiger charge is 2.13. The largest absolute Gasteiger partial charge is 0.497 e. The second kappa shape index (κ2) is 8.51. The molecule has 0 saturated carbocycles. The highest BCUT2D eigenvalue weighted by molar-refractivity contribution is 5.94. The average molecular weight is 440 g/mol. The molecule has 5 rings (SSSR count). The van der Waals surface area contributed by atoms with Gasteiger partial charge in [-0.1, -0.05) is 18.2 Å². The van der Waals surface area contributed by atoms with Crippen LogP contribution in [0.4, 0.5) is 0 Å². The number of hydrogen-bond donors (Lipinski definition) is 2. The summed E-state index contributed by atoms with van der Waals surface area (Å²) in [6.07, 6.45) is 0. The number of fused-ring (bicyclic) bond motifs is 2. The number of aromatic nitrogens is 2. The maximum atomic E-state index is 12.7. The Kier molecular flexibility index (Phi) is 5.24. The van der Waals surface area contributed by atoms with Crippen LogP contribution in [-0.4, -0.2) is 30.1 Å². The maximum Gasteiger partial charge on any atom is 0.271 e. The number of ether oxygens (including phenoxy) is 2. The molecule has 3 aromatic carbocycles. The molecule has 5 aromatic rings. The second-order valence-corrected chi connectivity index (χ2v) is 7.26. The van der Waals surface area contributed by atoms with Crippen LogP contribution in [0.1, 0.15) is 10.4 Å². The van der Waals surface area contributed by atoms with E-state index in [0.717, 1.165) is 16.4 Å². The second-order valence-electron chi connectivity index (χ2n) is 7.26. The van der Waals surface area contributed by atoms with Crippen LogP contribution < -0.4 is 20.5 Å². The lowest BCUT2D eigenvalue weighted by Crippen LogP contribution is -2.22. The standard InChI is InChI=1S/C25H20N4O4/c1-31-17-7-5-6-15(12-17)24(30)28-29-25-19(23-26-20-8-3-4-9-21(20)27-23)14-16-13-18(32-2)10-11-22(16)33-25/h3-14H,1-2H3,(H,26,27)(H,28,30)/b29-25-. The van der Waals surface area contributed by atoms with E-state index in [1.165, 1.54) is 0 Å². The summed E-state index contributed by atoms with van der Waals surface area (Å²) in [5.41, 5.74) is 6.06. The van der Waals surface area contributed by atoms with Gasteiger partial charge in [0.05, 0.1) is 30.8 Å². The molecule has 2 heterocycles. The quantitative estimate of drug-likeness (QED) is 0.398. The van der Waals surface area contributed by atoms with Crippen LogP contribution in [-0.2, 0) is 0 Å². The topological polar surface area (TPSA) is 102 Å². The molecule has 0 saturated heterocycles. The first-order valence-electron chi connectivity index (χ1n) is 10.2. The van der Waals surface area contributed by atoms with E-state index < -0.39 is 5.91 Å². The lowest BCUT2D eigenvalue weighted by Gasteiger charge is -2.06. The molecule has 8 heteroatoms. The maximum absolute atomic E-state index is 12.7. The van der Waals surface area contributed by atoms with E-state index in [0.29, 0.717) is 34.0 Å². The summed E-state index contributed by atoms with van der Waals surface area (Å²) in [6.45, 7) is 0. The van der Waals surface area contributed by atoms with Gasteiger partial charge in [-0.2, -0.15) is 0 Å². The molecule has 164 valence electrons. The number of imidazole rings is 1. The van der Waals surface area contributed by atoms with Gasteiger partial charge in [0.2, 0.25) is 5.55 Å². The summed E-state index contributed by atoms with van der Waals surface area (Å²) >= 11 is 0. The first-order chi connectivity index (χ1) is 16.1. The SMILES string of the molecule is COc1cccc(C(=O)N/N=c2\oc3ccc(OC)cc3cc2-c2nc3ccccc3[nH]2)c1. The van der Waals surface area contributed by atoms with Gasteiger partial charge in [0.25, 0.3) is 5.91 Å². The zero-order valence-electron chi connectivity index (χ0n) is 18.0. The smallest absolute Gasteiger partial charge is 0.271 e. The Morgan fingerprint density at radius 2 is 1.79 bits per heavy atom. The minimum atomic E-state index is -0.394. The number of rotatable bonds is 5. The minimum Gasteiger partial charge on any atom is -0.497 e. The van der Waals surface area contributed by atoms with Crippen molar-refractivity contribution in [2.24, 2.45) is 5.10 Å². The predicted molar refractivity (Wildman–Crippen MR) is 124 cm³/mol. The van der Waals surface area contributed by atoms with Crippen LogP contribution in [0.5, 0.6) is 11.5 Å². The Balaban J connectivity index is 1.62. The molecule has 0 aliphatic rings. The van der Waals surface area contributed by atoms with Crippen LogP contribution in [0.25, 0.3) is 33.4 Å². The van der Waals surface area contributed by atoms with Crippen molar-refractivity contribution >= 4 is 27.9 Å². The zero-order valence-corrected chi connectivity index (χ0v) is 18.0. The van der Waals surface area contributed by atoms with Crippen molar-refractivity contribution < 1.29 is 18.7 Å². The van der Waals surface area contributed by atoms with Gasteiger partial charge in [0, 0.05) is 10.9 Å². The fraction of sp³-hybridized carbons (Fsp3) is 0.0800. The van der Waals surface area contributed by atoms with Crippen LogP contribution in [0, 0.1) is 0 Å². The number of aromatic amines is 1. The summed E-state index contributed by atoms with van der Waals surface area (Å²) in [5, 5.41) is 5.09. The number of nitrogens with zero attached hydrogens (tertiary/aromatic N) is 2. The van der Waals surface area contributed by atoms with Crippen molar-refractivity contribution in [1.82, 2.24) is 15.4 Å². The van der Waals surface area contributed by atoms with Crippen molar-refractivity contribution in [2.45, 2.75) is 0 Å². The van der Waals surface area contributed by atoms with E-state index in [9.17, 15) is 4.79 Å². The summed E-state index contributed by atoms with van der Waals surface area (Å²) in [5.74, 6) is 1.45. The lowest BCUT2D eigenvalue weighted by molar-refractivity contribution is 0.0951. The van der Waals surface area contributed by atoms with E-state index >= 15 is 0 Å². The Bertz CT molecular complexity index is 1520. The molecule has 2 aromatic heterocycles. The Hall–Kier alpha value is -4.59. The minimum absolute atomic E-state index is 0.211. The molecular weight excluding hydrogens is 420 g/mol. The third kappa shape index (κ3) is 4.01. The summed E-state index contributed by atoms with van der Waals surface area (Å²) in [6, 6.07) is 21.9. The van der Waals surface area contributed by atoms with E-state index in [1.54, 1.807) is 50.6 Å². The Labute approximate surface area is 188 Å². The molecule has 0 aliphatic carbocycles. The van der Waals surface area contributed by atoms with E-state index in [4.69, 9.17) is 13.9 Å². The van der Waals surface area contributed by atoms with Gasteiger partial charge in [-0.25, -0.2) is 10.4 Å². The van der Waals surface area contributed by atoms with Crippen LogP contribution in [0.3, 0.4) is 0 Å². The highest BCUT2D eigenvalue weighted by Crippen LogP contribution is 2.24. The first-order valence-corrected chi connectivity index (χ1v) is 10.2. The zero-order chi connectivity index (χ0) is 22.8. The van der Waals surface area contributed by atoms with Gasteiger partial charge >= 0.3 is 0 Å². The number of benzene rings is 3. The molecular formula is C25H20N4O4. The van der Waals surface area contributed by atoms with Crippen molar-refractivity contribution in [1.29, 1.82) is 0 Å². The number of nitrogens with one attached hydrogen (secondary N) is 2. The van der Waals surface area contributed by atoms with Crippen molar-refractivity contribution in [3.8, 4) is 22.9 Å². The summed E-state index contributed by atoms with van der Waals surface area (Å²) in [7, 11) is 3.15. The van der Waals surface area contributed by atoms with Crippen molar-refractivity contribution in [2.75, 3.05) is 14.2 Å². The fourth-order valence-corrected chi connectivity index (χ4v) is 3.50. The van der Waals surface area contributed by atoms with Crippen LogP contribution >= 0.6 is 0 Å². The van der Waals surface area contributed by atoms with E-state index in [1.807, 2.05) is 36.4 Å². The molecule has 2 N–H and O–H groups in total. The molecule has 0 spiro atoms. The van der Waals surface area contributed by atoms with Gasteiger partial charge in [-0.05, 0) is 54.6 Å². The van der Waals surface area contributed by atoms with Crippen molar-refractivity contribution in [3.05, 3.63) is 83.9 Å². The van der Waals surface area contributed by atoms with E-state index in [2.05, 4.69) is 20.5 Å². The number of carbonyl (C=O) groups is 1. The van der Waals surface area contributed by atoms with Gasteiger partial charge in [0.15, 0.2) is 0 Å². The van der Waals surface area contributed by atoms with Crippen LogP contribution in [0.2, 0.25) is 0 Å². The van der Waals surface area contributed by atoms with Gasteiger partial charge in [0.1, 0.15) is 22.9 Å². The molecule has 33 heavy (non-hydrogen) atoms. The van der Waals surface area contributed by atoms with Gasteiger partial charge < -0.3 is 18.9 Å². The monoisotopic (exact) mass is 440 g/mol. The molecule has 1 amide bonds. The highest BCUT2D eigenvalue weighted by atomic mass is 16.5. The molecule has 0 atom stereocenters. The fourth-order valence-electron chi connectivity index (χ4n) is 3.50. The molecule has 8 nitrogen and oxygen atoms in total. The third-order valence-electron chi connectivity index (χ3n) is 5.19. The number of para-hydroxylation sites is 2. The number of methoxy groups -OCH3 is 2. The molecule has 0 radical (unpaired) electrons. The number of hydrogen-bond acceptors (Lipinski definition) is 6. The molecule has 0 aliphatic heterocycles. The summed E-state index contributed by atoms with van der Waals surface area (Å²) < 4.78 is 16.6. The Morgan fingerprint density at radius 1 is 0.970 bits per heavy atom. The normalized spacial score (nSPS) is 11.6.